The molecule has 2 heterocycles. The fourth-order valence-electron chi connectivity index (χ4n) is 3.63. The first-order chi connectivity index (χ1) is 13.1. The zero-order valence-electron chi connectivity index (χ0n) is 16.1. The lowest BCUT2D eigenvalue weighted by Crippen LogP contribution is -2.33. The highest BCUT2D eigenvalue weighted by atomic mass is 16.5. The molecule has 1 N–H and O–H groups in total. The van der Waals surface area contributed by atoms with Crippen molar-refractivity contribution in [1.29, 1.82) is 0 Å². The van der Waals surface area contributed by atoms with Crippen molar-refractivity contribution in [2.45, 2.75) is 39.7 Å². The third kappa shape index (κ3) is 5.07. The summed E-state index contributed by atoms with van der Waals surface area (Å²) < 4.78 is 5.76. The number of likely N-dealkylation sites (tertiary alicyclic amines) is 1. The van der Waals surface area contributed by atoms with Crippen molar-refractivity contribution in [3.05, 3.63) is 58.9 Å². The Morgan fingerprint density at radius 1 is 1.30 bits per heavy atom. The molecule has 1 saturated heterocycles. The number of benzene rings is 1. The van der Waals surface area contributed by atoms with Crippen molar-refractivity contribution in [3.8, 4) is 5.75 Å². The molecule has 0 saturated carbocycles. The molecular weight excluding hydrogens is 340 g/mol. The van der Waals surface area contributed by atoms with Crippen molar-refractivity contribution in [2.24, 2.45) is 5.92 Å². The molecule has 1 aromatic carbocycles. The summed E-state index contributed by atoms with van der Waals surface area (Å²) >= 11 is 0. The first-order valence-corrected chi connectivity index (χ1v) is 9.64. The smallest absolute Gasteiger partial charge is 0.260 e. The Kier molecular flexibility index (Phi) is 6.45. The standard InChI is InChI=1S/C22H28N2O3/c1-3-20-21(8-7-16(2)23-20)27-15-22(26)24-10-9-18(13-24)11-17-5-4-6-19(12-17)14-25/h4-8,12,18,25H,3,9-11,13-15H2,1-2H3/t18-/m0/s1. The number of aliphatic hydroxyl groups excluding tert-OH is 1. The van der Waals surface area contributed by atoms with Crippen LogP contribution in [0.15, 0.2) is 36.4 Å². The molecule has 0 spiro atoms. The van der Waals surface area contributed by atoms with E-state index in [0.29, 0.717) is 11.7 Å². The van der Waals surface area contributed by atoms with Gasteiger partial charge in [0.05, 0.1) is 12.3 Å². The fraction of sp³-hybridized carbons (Fsp3) is 0.455. The zero-order valence-corrected chi connectivity index (χ0v) is 16.1. The van der Waals surface area contributed by atoms with Crippen molar-refractivity contribution in [1.82, 2.24) is 9.88 Å². The molecule has 2 aromatic rings. The van der Waals surface area contributed by atoms with E-state index in [1.165, 1.54) is 5.56 Å². The van der Waals surface area contributed by atoms with Crippen LogP contribution in [0, 0.1) is 12.8 Å². The molecule has 1 amide bonds. The van der Waals surface area contributed by atoms with Gasteiger partial charge in [-0.15, -0.1) is 0 Å². The molecule has 1 fully saturated rings. The number of rotatable bonds is 7. The van der Waals surface area contributed by atoms with E-state index in [0.717, 1.165) is 49.3 Å². The molecule has 0 radical (unpaired) electrons. The molecule has 0 unspecified atom stereocenters. The van der Waals surface area contributed by atoms with Crippen LogP contribution in [-0.4, -0.2) is 40.6 Å². The van der Waals surface area contributed by atoms with Gasteiger partial charge in [-0.1, -0.05) is 31.2 Å². The number of pyridine rings is 1. The summed E-state index contributed by atoms with van der Waals surface area (Å²) in [5, 5.41) is 9.27. The number of carbonyl (C=O) groups is 1. The van der Waals surface area contributed by atoms with E-state index in [4.69, 9.17) is 4.74 Å². The van der Waals surface area contributed by atoms with Gasteiger partial charge in [0.1, 0.15) is 5.75 Å². The third-order valence-electron chi connectivity index (χ3n) is 5.09. The third-order valence-corrected chi connectivity index (χ3v) is 5.09. The summed E-state index contributed by atoms with van der Waals surface area (Å²) in [6.07, 6.45) is 2.71. The van der Waals surface area contributed by atoms with Gasteiger partial charge in [0.15, 0.2) is 6.61 Å². The Morgan fingerprint density at radius 2 is 2.11 bits per heavy atom. The number of ether oxygens (including phenoxy) is 1. The van der Waals surface area contributed by atoms with Gasteiger partial charge in [-0.05, 0) is 55.4 Å². The van der Waals surface area contributed by atoms with E-state index in [-0.39, 0.29) is 19.1 Å². The second-order valence-electron chi connectivity index (χ2n) is 7.22. The summed E-state index contributed by atoms with van der Waals surface area (Å²) in [5.41, 5.74) is 4.00. The second kappa shape index (κ2) is 9.00. The van der Waals surface area contributed by atoms with Gasteiger partial charge in [-0.3, -0.25) is 9.78 Å². The molecule has 1 aliphatic rings. The highest BCUT2D eigenvalue weighted by Gasteiger charge is 2.26. The average molecular weight is 368 g/mol. The summed E-state index contributed by atoms with van der Waals surface area (Å²) in [5.74, 6) is 1.19. The Hall–Kier alpha value is -2.40. The summed E-state index contributed by atoms with van der Waals surface area (Å²) in [4.78, 5) is 18.9. The molecule has 1 aromatic heterocycles. The first kappa shape index (κ1) is 19.4. The van der Waals surface area contributed by atoms with E-state index < -0.39 is 0 Å². The molecule has 1 aliphatic heterocycles. The molecule has 144 valence electrons. The maximum atomic E-state index is 12.5. The van der Waals surface area contributed by atoms with E-state index in [9.17, 15) is 9.90 Å². The summed E-state index contributed by atoms with van der Waals surface area (Å²) in [6.45, 7) is 5.65. The normalized spacial score (nSPS) is 16.6. The molecular formula is C22H28N2O3. The monoisotopic (exact) mass is 368 g/mol. The fourth-order valence-corrected chi connectivity index (χ4v) is 3.63. The molecule has 3 rings (SSSR count). The maximum absolute atomic E-state index is 12.5. The molecule has 27 heavy (non-hydrogen) atoms. The number of carbonyl (C=O) groups excluding carboxylic acids is 1. The van der Waals surface area contributed by atoms with Gasteiger partial charge in [0.2, 0.25) is 0 Å². The number of aromatic nitrogens is 1. The number of aryl methyl sites for hydroxylation is 2. The first-order valence-electron chi connectivity index (χ1n) is 9.64. The van der Waals surface area contributed by atoms with Crippen LogP contribution < -0.4 is 4.74 Å². The van der Waals surface area contributed by atoms with Gasteiger partial charge in [-0.25, -0.2) is 0 Å². The van der Waals surface area contributed by atoms with Crippen molar-refractivity contribution in [2.75, 3.05) is 19.7 Å². The highest BCUT2D eigenvalue weighted by molar-refractivity contribution is 5.78. The van der Waals surface area contributed by atoms with Crippen molar-refractivity contribution < 1.29 is 14.6 Å². The van der Waals surface area contributed by atoms with Crippen LogP contribution >= 0.6 is 0 Å². The van der Waals surface area contributed by atoms with Crippen LogP contribution in [0.25, 0.3) is 0 Å². The van der Waals surface area contributed by atoms with Gasteiger partial charge in [0.25, 0.3) is 5.91 Å². The number of nitrogens with zero attached hydrogens (tertiary/aromatic N) is 2. The minimum absolute atomic E-state index is 0.0317. The van der Waals surface area contributed by atoms with E-state index in [1.54, 1.807) is 0 Å². The Bertz CT molecular complexity index is 791. The van der Waals surface area contributed by atoms with E-state index in [2.05, 4.69) is 11.1 Å². The predicted octanol–water partition coefficient (Wildman–Crippen LogP) is 2.91. The lowest BCUT2D eigenvalue weighted by atomic mass is 9.97. The molecule has 5 nitrogen and oxygen atoms in total. The van der Waals surface area contributed by atoms with Gasteiger partial charge in [-0.2, -0.15) is 0 Å². The number of amides is 1. The summed E-state index contributed by atoms with van der Waals surface area (Å²) in [6, 6.07) is 11.8. The average Bonchev–Trinajstić information content (AvgIpc) is 3.15. The molecule has 0 bridgehead atoms. The Balaban J connectivity index is 1.52. The molecule has 5 heteroatoms. The number of aliphatic hydroxyl groups is 1. The van der Waals surface area contributed by atoms with E-state index >= 15 is 0 Å². The highest BCUT2D eigenvalue weighted by Crippen LogP contribution is 2.22. The molecule has 0 aliphatic carbocycles. The van der Waals surface area contributed by atoms with Crippen LogP contribution in [0.4, 0.5) is 0 Å². The van der Waals surface area contributed by atoms with Gasteiger partial charge < -0.3 is 14.7 Å². The lowest BCUT2D eigenvalue weighted by Gasteiger charge is -2.18. The van der Waals surface area contributed by atoms with Crippen LogP contribution in [0.5, 0.6) is 5.75 Å². The summed E-state index contributed by atoms with van der Waals surface area (Å²) in [7, 11) is 0. The van der Waals surface area contributed by atoms with Crippen molar-refractivity contribution in [3.63, 3.8) is 0 Å². The Labute approximate surface area is 161 Å². The largest absolute Gasteiger partial charge is 0.482 e. The number of hydrogen-bond acceptors (Lipinski definition) is 4. The predicted molar refractivity (Wildman–Crippen MR) is 105 cm³/mol. The van der Waals surface area contributed by atoms with Crippen LogP contribution in [-0.2, 0) is 24.2 Å². The lowest BCUT2D eigenvalue weighted by molar-refractivity contribution is -0.132. The van der Waals surface area contributed by atoms with Crippen LogP contribution in [0.3, 0.4) is 0 Å². The van der Waals surface area contributed by atoms with Crippen LogP contribution in [0.1, 0.15) is 35.9 Å². The quantitative estimate of drug-likeness (QED) is 0.816. The zero-order chi connectivity index (χ0) is 19.2. The SMILES string of the molecule is CCc1nc(C)ccc1OCC(=O)N1CC[C@@H](Cc2cccc(CO)c2)C1. The molecule has 1 atom stereocenters. The number of hydrogen-bond donors (Lipinski definition) is 1. The topological polar surface area (TPSA) is 62.7 Å². The maximum Gasteiger partial charge on any atom is 0.260 e. The minimum atomic E-state index is 0.0317. The van der Waals surface area contributed by atoms with E-state index in [1.807, 2.05) is 49.1 Å². The minimum Gasteiger partial charge on any atom is -0.482 e. The van der Waals surface area contributed by atoms with Crippen LogP contribution in [0.2, 0.25) is 0 Å². The van der Waals surface area contributed by atoms with Crippen molar-refractivity contribution >= 4 is 5.91 Å². The second-order valence-corrected chi connectivity index (χ2v) is 7.22. The Morgan fingerprint density at radius 3 is 2.89 bits per heavy atom. The van der Waals surface area contributed by atoms with Gasteiger partial charge in [0, 0.05) is 18.8 Å². The van der Waals surface area contributed by atoms with Gasteiger partial charge >= 0.3 is 0 Å².